The van der Waals surface area contributed by atoms with Crippen molar-refractivity contribution < 1.29 is 4.79 Å². The number of hydrogen-bond acceptors (Lipinski definition) is 3. The van der Waals surface area contributed by atoms with E-state index in [4.69, 9.17) is 0 Å². The summed E-state index contributed by atoms with van der Waals surface area (Å²) in [7, 11) is 0. The van der Waals surface area contributed by atoms with Gasteiger partial charge >= 0.3 is 0 Å². The highest BCUT2D eigenvalue weighted by atomic mass is 16.1. The second-order valence-corrected chi connectivity index (χ2v) is 5.81. The molecule has 110 valence electrons. The molecule has 0 radical (unpaired) electrons. The molecule has 1 aromatic rings. The van der Waals surface area contributed by atoms with E-state index in [2.05, 4.69) is 29.5 Å². The third kappa shape index (κ3) is 3.50. The van der Waals surface area contributed by atoms with Gasteiger partial charge in [0.1, 0.15) is 5.82 Å². The first kappa shape index (κ1) is 14.8. The molecule has 0 aromatic carbocycles. The molecule has 1 aliphatic carbocycles. The highest BCUT2D eigenvalue weighted by molar-refractivity contribution is 5.95. The zero-order valence-electron chi connectivity index (χ0n) is 12.6. The molecule has 1 amide bonds. The van der Waals surface area contributed by atoms with Crippen molar-refractivity contribution in [2.75, 3.05) is 11.9 Å². The van der Waals surface area contributed by atoms with Gasteiger partial charge < -0.3 is 10.6 Å². The Bertz CT molecular complexity index is 461. The van der Waals surface area contributed by atoms with Crippen LogP contribution in [-0.2, 0) is 0 Å². The van der Waals surface area contributed by atoms with Crippen LogP contribution in [0.15, 0.2) is 18.3 Å². The molecule has 4 heteroatoms. The van der Waals surface area contributed by atoms with Gasteiger partial charge in [0.15, 0.2) is 0 Å². The van der Waals surface area contributed by atoms with Crippen LogP contribution in [0.2, 0.25) is 0 Å². The third-order valence-electron chi connectivity index (χ3n) is 4.40. The number of carbonyl (C=O) groups is 1. The van der Waals surface area contributed by atoms with E-state index in [-0.39, 0.29) is 5.91 Å². The molecule has 3 atom stereocenters. The van der Waals surface area contributed by atoms with Gasteiger partial charge in [0.2, 0.25) is 0 Å². The Labute approximate surface area is 121 Å². The minimum absolute atomic E-state index is 0.0116. The van der Waals surface area contributed by atoms with E-state index in [1.807, 2.05) is 13.0 Å². The number of rotatable bonds is 4. The fraction of sp³-hybridized carbons (Fsp3) is 0.625. The average Bonchev–Trinajstić information content (AvgIpc) is 2.44. The van der Waals surface area contributed by atoms with Crippen LogP contribution in [0.4, 0.5) is 5.82 Å². The Morgan fingerprint density at radius 2 is 2.20 bits per heavy atom. The number of carbonyl (C=O) groups excluding carboxylic acids is 1. The Morgan fingerprint density at radius 3 is 2.95 bits per heavy atom. The van der Waals surface area contributed by atoms with Gasteiger partial charge in [-0.1, -0.05) is 26.7 Å². The zero-order valence-corrected chi connectivity index (χ0v) is 12.6. The molecule has 4 nitrogen and oxygen atoms in total. The van der Waals surface area contributed by atoms with Gasteiger partial charge in [-0.15, -0.1) is 0 Å². The van der Waals surface area contributed by atoms with Crippen LogP contribution < -0.4 is 10.6 Å². The van der Waals surface area contributed by atoms with Crippen LogP contribution in [0.5, 0.6) is 0 Å². The Kier molecular flexibility index (Phi) is 4.99. The number of anilines is 1. The van der Waals surface area contributed by atoms with Gasteiger partial charge in [0, 0.05) is 24.3 Å². The quantitative estimate of drug-likeness (QED) is 0.888. The molecule has 1 aromatic heterocycles. The molecule has 2 N–H and O–H groups in total. The van der Waals surface area contributed by atoms with E-state index >= 15 is 0 Å². The van der Waals surface area contributed by atoms with Crippen molar-refractivity contribution in [3.05, 3.63) is 23.9 Å². The van der Waals surface area contributed by atoms with Gasteiger partial charge in [0.25, 0.3) is 5.91 Å². The van der Waals surface area contributed by atoms with Gasteiger partial charge in [-0.25, -0.2) is 4.98 Å². The molecule has 2 rings (SSSR count). The van der Waals surface area contributed by atoms with Crippen molar-refractivity contribution in [3.8, 4) is 0 Å². The van der Waals surface area contributed by atoms with E-state index in [9.17, 15) is 4.79 Å². The maximum Gasteiger partial charge on any atom is 0.251 e. The number of hydrogen-bond donors (Lipinski definition) is 2. The van der Waals surface area contributed by atoms with Crippen molar-refractivity contribution in [2.45, 2.75) is 46.1 Å². The lowest BCUT2D eigenvalue weighted by molar-refractivity contribution is 0.0891. The third-order valence-corrected chi connectivity index (χ3v) is 4.40. The average molecular weight is 275 g/mol. The van der Waals surface area contributed by atoms with E-state index in [0.29, 0.717) is 23.4 Å². The number of nitrogens with zero attached hydrogens (tertiary/aromatic N) is 1. The molecule has 0 saturated heterocycles. The summed E-state index contributed by atoms with van der Waals surface area (Å²) >= 11 is 0. The van der Waals surface area contributed by atoms with E-state index < -0.39 is 0 Å². The molecule has 0 aliphatic heterocycles. The Morgan fingerprint density at radius 1 is 1.40 bits per heavy atom. The Hall–Kier alpha value is -1.58. The topological polar surface area (TPSA) is 54.0 Å². The first-order chi connectivity index (χ1) is 9.61. The highest BCUT2D eigenvalue weighted by Gasteiger charge is 2.28. The summed E-state index contributed by atoms with van der Waals surface area (Å²) in [4.78, 5) is 16.5. The summed E-state index contributed by atoms with van der Waals surface area (Å²) in [6.45, 7) is 7.33. The smallest absolute Gasteiger partial charge is 0.251 e. The van der Waals surface area contributed by atoms with Crippen molar-refractivity contribution in [1.29, 1.82) is 0 Å². The van der Waals surface area contributed by atoms with Crippen LogP contribution in [0.3, 0.4) is 0 Å². The molecular weight excluding hydrogens is 250 g/mol. The van der Waals surface area contributed by atoms with Crippen LogP contribution in [0.1, 0.15) is 50.4 Å². The fourth-order valence-electron chi connectivity index (χ4n) is 2.89. The number of pyridine rings is 1. The van der Waals surface area contributed by atoms with Gasteiger partial charge in [0.05, 0.1) is 0 Å². The second kappa shape index (κ2) is 6.73. The lowest BCUT2D eigenvalue weighted by atomic mass is 9.78. The molecule has 1 aliphatic rings. The molecule has 3 unspecified atom stereocenters. The van der Waals surface area contributed by atoms with Crippen LogP contribution in [-0.4, -0.2) is 23.5 Å². The molecule has 0 spiro atoms. The SMILES string of the molecule is CCNc1cc(C(=O)NC2CCCC(C)C2C)ccn1. The van der Waals surface area contributed by atoms with E-state index in [1.165, 1.54) is 12.8 Å². The minimum atomic E-state index is 0.0116. The zero-order chi connectivity index (χ0) is 14.5. The number of nitrogens with one attached hydrogen (secondary N) is 2. The lowest BCUT2D eigenvalue weighted by Gasteiger charge is -2.34. The summed E-state index contributed by atoms with van der Waals surface area (Å²) in [5.74, 6) is 1.99. The summed E-state index contributed by atoms with van der Waals surface area (Å²) in [5.41, 5.74) is 0.682. The molecule has 1 fully saturated rings. The maximum atomic E-state index is 12.4. The van der Waals surface area contributed by atoms with Gasteiger partial charge in [-0.05, 0) is 37.3 Å². The number of aromatic nitrogens is 1. The summed E-state index contributed by atoms with van der Waals surface area (Å²) < 4.78 is 0. The van der Waals surface area contributed by atoms with Crippen molar-refractivity contribution in [3.63, 3.8) is 0 Å². The van der Waals surface area contributed by atoms with Crippen LogP contribution in [0, 0.1) is 11.8 Å². The molecular formula is C16H25N3O. The summed E-state index contributed by atoms with van der Waals surface area (Å²) in [5, 5.41) is 6.32. The molecule has 1 saturated carbocycles. The van der Waals surface area contributed by atoms with Crippen LogP contribution >= 0.6 is 0 Å². The predicted octanol–water partition coefficient (Wildman–Crippen LogP) is 3.07. The van der Waals surface area contributed by atoms with Crippen LogP contribution in [0.25, 0.3) is 0 Å². The number of amides is 1. The molecule has 20 heavy (non-hydrogen) atoms. The first-order valence-corrected chi connectivity index (χ1v) is 7.62. The van der Waals surface area contributed by atoms with Crippen molar-refractivity contribution in [2.24, 2.45) is 11.8 Å². The molecule has 1 heterocycles. The largest absolute Gasteiger partial charge is 0.370 e. The fourth-order valence-corrected chi connectivity index (χ4v) is 2.89. The van der Waals surface area contributed by atoms with Gasteiger partial charge in [-0.2, -0.15) is 0 Å². The van der Waals surface area contributed by atoms with Crippen molar-refractivity contribution >= 4 is 11.7 Å². The van der Waals surface area contributed by atoms with E-state index in [1.54, 1.807) is 12.3 Å². The molecule has 0 bridgehead atoms. The summed E-state index contributed by atoms with van der Waals surface area (Å²) in [6.07, 6.45) is 5.24. The standard InChI is InChI=1S/C16H25N3O/c1-4-17-15-10-13(8-9-18-15)16(20)19-14-7-5-6-11(2)12(14)3/h8-12,14H,4-7H2,1-3H3,(H,17,18)(H,19,20). The van der Waals surface area contributed by atoms with E-state index in [0.717, 1.165) is 18.8 Å². The normalized spacial score (nSPS) is 26.1. The highest BCUT2D eigenvalue weighted by Crippen LogP contribution is 2.29. The monoisotopic (exact) mass is 275 g/mol. The summed E-state index contributed by atoms with van der Waals surface area (Å²) in [6, 6.07) is 3.88. The minimum Gasteiger partial charge on any atom is -0.370 e. The predicted molar refractivity (Wildman–Crippen MR) is 81.8 cm³/mol. The van der Waals surface area contributed by atoms with Gasteiger partial charge in [-0.3, -0.25) is 4.79 Å². The van der Waals surface area contributed by atoms with Crippen molar-refractivity contribution in [1.82, 2.24) is 10.3 Å². The maximum absolute atomic E-state index is 12.4. The first-order valence-electron chi connectivity index (χ1n) is 7.62. The second-order valence-electron chi connectivity index (χ2n) is 5.81. The Balaban J connectivity index is 2.02. The lowest BCUT2D eigenvalue weighted by Crippen LogP contribution is -2.43.